The van der Waals surface area contributed by atoms with Crippen molar-refractivity contribution in [2.24, 2.45) is 0 Å². The zero-order chi connectivity index (χ0) is 43.2. The monoisotopic (exact) mass is 871 g/mol. The molecule has 3 heterocycles. The highest BCUT2D eigenvalue weighted by atomic mass is 31.3. The Hall–Kier alpha value is -4.78. The van der Waals surface area contributed by atoms with Gasteiger partial charge >= 0.3 is 21.3 Å². The number of anilines is 2. The van der Waals surface area contributed by atoms with Crippen LogP contribution in [0, 0.1) is 13.8 Å². The van der Waals surface area contributed by atoms with Crippen molar-refractivity contribution in [3.05, 3.63) is 93.3 Å². The third-order valence-corrected chi connectivity index (χ3v) is 12.2. The fourth-order valence-corrected chi connectivity index (χ4v) is 8.88. The topological polar surface area (TPSA) is 270 Å². The van der Waals surface area contributed by atoms with Crippen molar-refractivity contribution in [3.8, 4) is 22.5 Å². The Labute approximate surface area is 344 Å². The highest BCUT2D eigenvalue weighted by molar-refractivity contribution is 7.61. The second kappa shape index (κ2) is 19.3. The van der Waals surface area contributed by atoms with Crippen LogP contribution in [0.1, 0.15) is 48.0 Å². The number of rotatable bonds is 18. The number of phosphoric acid groups is 2. The van der Waals surface area contributed by atoms with Crippen LogP contribution >= 0.6 is 15.6 Å². The lowest BCUT2D eigenvalue weighted by molar-refractivity contribution is -0.496. The molecule has 0 saturated carbocycles. The molecule has 0 radical (unpaired) electrons. The predicted molar refractivity (Wildman–Crippen MR) is 220 cm³/mol. The van der Waals surface area contributed by atoms with Gasteiger partial charge in [0.15, 0.2) is 0 Å². The average Bonchev–Trinajstić information content (AvgIpc) is 3.56. The molecule has 0 bridgehead atoms. The van der Waals surface area contributed by atoms with E-state index in [4.69, 9.17) is 28.7 Å². The van der Waals surface area contributed by atoms with E-state index in [-0.39, 0.29) is 37.9 Å². The number of phosphoric ester groups is 2. The number of hydrogen-bond acceptors (Lipinski definition) is 14. The summed E-state index contributed by atoms with van der Waals surface area (Å²) in [6.07, 6.45) is -2.15. The van der Waals surface area contributed by atoms with Crippen molar-refractivity contribution in [2.45, 2.75) is 52.6 Å². The lowest BCUT2D eigenvalue weighted by Gasteiger charge is -2.19. The van der Waals surface area contributed by atoms with Gasteiger partial charge in [0.1, 0.15) is 36.0 Å². The van der Waals surface area contributed by atoms with E-state index in [0.717, 1.165) is 56.3 Å². The fraction of sp³-hybridized carbons (Fsp3) is 0.385. The quantitative estimate of drug-likeness (QED) is 0.0379. The van der Waals surface area contributed by atoms with E-state index < -0.39 is 53.0 Å². The van der Waals surface area contributed by atoms with Crippen molar-refractivity contribution in [2.75, 3.05) is 57.1 Å². The second-order valence-corrected chi connectivity index (χ2v) is 16.9. The van der Waals surface area contributed by atoms with E-state index in [9.17, 15) is 33.6 Å². The summed E-state index contributed by atoms with van der Waals surface area (Å²) in [5.41, 5.74) is 11.2. The van der Waals surface area contributed by atoms with Crippen LogP contribution < -0.4 is 32.4 Å². The van der Waals surface area contributed by atoms with Gasteiger partial charge in [-0.2, -0.15) is 9.29 Å². The first-order valence-electron chi connectivity index (χ1n) is 19.2. The molecular weight excluding hydrogens is 822 g/mol. The van der Waals surface area contributed by atoms with Crippen LogP contribution in [0.5, 0.6) is 0 Å². The molecule has 5 atom stereocenters. The molecule has 0 spiro atoms. The zero-order valence-electron chi connectivity index (χ0n) is 33.5. The van der Waals surface area contributed by atoms with Crippen molar-refractivity contribution >= 4 is 44.0 Å². The minimum absolute atomic E-state index is 0.00635. The number of nitrogen functional groups attached to an aromatic ring is 1. The van der Waals surface area contributed by atoms with Crippen LogP contribution in [0.4, 0.5) is 11.5 Å². The van der Waals surface area contributed by atoms with E-state index in [0.29, 0.717) is 22.5 Å². The lowest BCUT2D eigenvalue weighted by Crippen LogP contribution is -2.76. The van der Waals surface area contributed by atoms with Crippen molar-refractivity contribution in [1.82, 2.24) is 14.9 Å². The molecule has 1 aliphatic carbocycles. The summed E-state index contributed by atoms with van der Waals surface area (Å²) in [4.78, 5) is 52.9. The number of ether oxygens (including phenoxy) is 2. The van der Waals surface area contributed by atoms with Gasteiger partial charge in [-0.25, -0.2) is 18.9 Å². The molecule has 3 aliphatic rings. The summed E-state index contributed by atoms with van der Waals surface area (Å²) in [5, 5.41) is 18.4. The summed E-state index contributed by atoms with van der Waals surface area (Å²) >= 11 is 0. The summed E-state index contributed by atoms with van der Waals surface area (Å²) in [5.74, 6) is 0.289. The van der Waals surface area contributed by atoms with Crippen LogP contribution in [0.3, 0.4) is 0 Å². The Morgan fingerprint density at radius 2 is 1.78 bits per heavy atom. The third-order valence-electron chi connectivity index (χ3n) is 9.58. The highest BCUT2D eigenvalue weighted by Gasteiger charge is 2.40. The molecule has 6 rings (SSSR count). The first-order valence-corrected chi connectivity index (χ1v) is 22.2. The average molecular weight is 872 g/mol. The molecular formula is C39H49N6O13P2+. The number of carbonyl (C=O) groups is 1. The standard InChI is InChI=1S/C39H48N6O13P2/c1-5-41-29-19-32-27(17-23(29)3)37(28-18-24(4)30(42-6-2)20-33(28)56-32)25-9-7-8-10-26(25)38(47)43-12-14-53-15-16-54-59(49,50)58-60(51,52)55-22-34-31(46)21-36(57-34)45-13-11-35(40)44-39(45)48/h7-11,13,17-20,31,34,36,41,46H,5-6,12,14-16,21-22H2,1-4H3,(H,43,47)(H,49,50)(H,51,52)(H2,40,44,48)/p+1/t31-,34+,36+/m0/s1. The Kier molecular flexibility index (Phi) is 14.4. The van der Waals surface area contributed by atoms with E-state index in [1.54, 1.807) is 12.1 Å². The molecule has 8 N–H and O–H groups in total. The van der Waals surface area contributed by atoms with Crippen LogP contribution in [-0.2, 0) is 32.0 Å². The van der Waals surface area contributed by atoms with Gasteiger partial charge in [-0.1, -0.05) is 18.2 Å². The first kappa shape index (κ1) is 44.8. The smallest absolute Gasteiger partial charge is 0.456 e. The number of carbonyl (C=O) groups excluding carboxylic acids is 1. The molecule has 1 aromatic heterocycles. The van der Waals surface area contributed by atoms with Gasteiger partial charge in [-0.15, -0.1) is 0 Å². The maximum Gasteiger partial charge on any atom is 0.481 e. The molecule has 60 heavy (non-hydrogen) atoms. The van der Waals surface area contributed by atoms with Crippen LogP contribution in [-0.4, -0.2) is 88.6 Å². The van der Waals surface area contributed by atoms with Gasteiger partial charge in [0.25, 0.3) is 5.91 Å². The molecule has 19 nitrogen and oxygen atoms in total. The summed E-state index contributed by atoms with van der Waals surface area (Å²) < 4.78 is 57.3. The Balaban J connectivity index is 1.03. The Morgan fingerprint density at radius 3 is 2.53 bits per heavy atom. The molecule has 1 saturated heterocycles. The summed E-state index contributed by atoms with van der Waals surface area (Å²) in [7, 11) is -10.3. The number of fused-ring (bicyclic) bond motifs is 2. The van der Waals surface area contributed by atoms with Crippen molar-refractivity contribution in [3.63, 3.8) is 0 Å². The number of hydrogen-bond donors (Lipinski definition) is 7. The molecule has 2 aromatic carbocycles. The normalized spacial score (nSPS) is 19.1. The third kappa shape index (κ3) is 10.7. The van der Waals surface area contributed by atoms with E-state index >= 15 is 0 Å². The maximum atomic E-state index is 13.7. The van der Waals surface area contributed by atoms with Crippen molar-refractivity contribution in [1.29, 1.82) is 0 Å². The minimum Gasteiger partial charge on any atom is -0.456 e. The van der Waals surface area contributed by atoms with Gasteiger partial charge in [0.05, 0.1) is 38.6 Å². The highest BCUT2D eigenvalue weighted by Crippen LogP contribution is 2.60. The number of nitrogens with two attached hydrogens (primary N) is 1. The number of nitrogens with zero attached hydrogens (tertiary/aromatic N) is 2. The number of amides is 1. The number of aliphatic hydroxyl groups is 1. The van der Waals surface area contributed by atoms with Crippen LogP contribution in [0.2, 0.25) is 0 Å². The number of aromatic nitrogens is 2. The van der Waals surface area contributed by atoms with Gasteiger partial charge in [-0.3, -0.25) is 18.4 Å². The van der Waals surface area contributed by atoms with Gasteiger partial charge < -0.3 is 45.2 Å². The largest absolute Gasteiger partial charge is 0.481 e. The Bertz CT molecular complexity index is 2550. The van der Waals surface area contributed by atoms with Crippen LogP contribution in [0.15, 0.2) is 70.0 Å². The summed E-state index contributed by atoms with van der Waals surface area (Å²) in [6, 6.07) is 16.7. The van der Waals surface area contributed by atoms with E-state index in [1.165, 1.54) is 12.3 Å². The molecule has 2 unspecified atom stereocenters. The van der Waals surface area contributed by atoms with Gasteiger partial charge in [0, 0.05) is 65.1 Å². The van der Waals surface area contributed by atoms with Gasteiger partial charge in [-0.05, 0) is 63.1 Å². The SMILES string of the molecule is CCNc1cc2oc3cc(=[NH+]CC)c(C)cc-3c(-c3ccccc3C(=O)NCCOCCOP(=O)(O)OP(=O)(O)OC[C@H]3O[C@@H](n4ccc(N)nc4=O)C[C@@H]3O)c2cc1C. The zero-order valence-corrected chi connectivity index (χ0v) is 35.2. The number of benzene rings is 3. The molecule has 322 valence electrons. The molecule has 2 aliphatic heterocycles. The molecule has 1 fully saturated rings. The fourth-order valence-electron chi connectivity index (χ4n) is 6.82. The van der Waals surface area contributed by atoms with E-state index in [2.05, 4.69) is 37.1 Å². The predicted octanol–water partition coefficient (Wildman–Crippen LogP) is 2.74. The van der Waals surface area contributed by atoms with E-state index in [1.807, 2.05) is 52.0 Å². The number of aliphatic hydroxyl groups excluding tert-OH is 1. The number of nitrogens with one attached hydrogen (secondary N) is 3. The lowest BCUT2D eigenvalue weighted by atomic mass is 9.89. The maximum absolute atomic E-state index is 13.7. The summed E-state index contributed by atoms with van der Waals surface area (Å²) in [6.45, 7) is 8.13. The first-order chi connectivity index (χ1) is 28.6. The molecule has 1 amide bonds. The van der Waals surface area contributed by atoms with Gasteiger partial charge in [0.2, 0.25) is 5.36 Å². The molecule has 21 heteroatoms. The minimum atomic E-state index is -5.20. The van der Waals surface area contributed by atoms with Crippen LogP contribution in [0.25, 0.3) is 33.4 Å². The molecule has 3 aromatic rings. The Morgan fingerprint density at radius 1 is 1.02 bits per heavy atom. The second-order valence-electron chi connectivity index (χ2n) is 13.9. The van der Waals surface area contributed by atoms with Crippen molar-refractivity contribution < 1.29 is 61.1 Å². The number of aryl methyl sites for hydroxylation is 2.